The molecule has 0 saturated carbocycles. The Bertz CT molecular complexity index is 951. The van der Waals surface area contributed by atoms with Crippen LogP contribution in [-0.4, -0.2) is 10.7 Å². The molecule has 1 unspecified atom stereocenters. The predicted molar refractivity (Wildman–Crippen MR) is 101 cm³/mol. The third-order valence-electron chi connectivity index (χ3n) is 4.24. The van der Waals surface area contributed by atoms with E-state index in [0.717, 1.165) is 39.5 Å². The van der Waals surface area contributed by atoms with Gasteiger partial charge in [-0.25, -0.2) is 0 Å². The van der Waals surface area contributed by atoms with Crippen molar-refractivity contribution in [2.24, 2.45) is 10.9 Å². The van der Waals surface area contributed by atoms with Crippen LogP contribution in [0, 0.1) is 5.92 Å². The summed E-state index contributed by atoms with van der Waals surface area (Å²) in [7, 11) is 0. The molecule has 2 nitrogen and oxygen atoms in total. The number of aromatic nitrogens is 1. The maximum atomic E-state index is 4.97. The first-order valence-electron chi connectivity index (χ1n) is 7.99. The van der Waals surface area contributed by atoms with E-state index in [-0.39, 0.29) is 0 Å². The Balaban J connectivity index is 2.27. The minimum Gasteiger partial charge on any atom is -0.355 e. The maximum absolute atomic E-state index is 4.97. The number of hydrogen-bond acceptors (Lipinski definition) is 1. The average molecular weight is 302 g/mol. The summed E-state index contributed by atoms with van der Waals surface area (Å²) in [5, 5.41) is 3.30. The molecule has 2 heteroatoms. The van der Waals surface area contributed by atoms with Crippen molar-refractivity contribution in [3.8, 4) is 0 Å². The molecular formula is C21H22N2. The van der Waals surface area contributed by atoms with E-state index in [2.05, 4.69) is 49.3 Å². The number of aliphatic imine (C=N–C) groups is 1. The van der Waals surface area contributed by atoms with Gasteiger partial charge in [0.25, 0.3) is 0 Å². The monoisotopic (exact) mass is 302 g/mol. The highest BCUT2D eigenvalue weighted by Gasteiger charge is 2.23. The lowest BCUT2D eigenvalue weighted by Gasteiger charge is -2.02. The summed E-state index contributed by atoms with van der Waals surface area (Å²) in [4.78, 5) is 8.34. The molecule has 2 heterocycles. The number of para-hydroxylation sites is 1. The second-order valence-electron chi connectivity index (χ2n) is 5.93. The zero-order chi connectivity index (χ0) is 16.4. The van der Waals surface area contributed by atoms with Gasteiger partial charge in [-0.1, -0.05) is 62.6 Å². The number of nitrogens with zero attached hydrogens (tertiary/aromatic N) is 1. The number of hydrogen-bond donors (Lipinski definition) is 1. The van der Waals surface area contributed by atoms with Crippen LogP contribution in [0.2, 0.25) is 0 Å². The van der Waals surface area contributed by atoms with Crippen LogP contribution in [-0.2, 0) is 0 Å². The molecule has 1 N–H and O–H groups in total. The molecule has 0 spiro atoms. The van der Waals surface area contributed by atoms with Crippen molar-refractivity contribution < 1.29 is 0 Å². The van der Waals surface area contributed by atoms with Gasteiger partial charge in [-0.3, -0.25) is 4.99 Å². The van der Waals surface area contributed by atoms with Crippen LogP contribution in [0.25, 0.3) is 23.2 Å². The maximum Gasteiger partial charge on any atom is 0.0538 e. The van der Waals surface area contributed by atoms with Gasteiger partial charge < -0.3 is 4.98 Å². The van der Waals surface area contributed by atoms with Crippen molar-refractivity contribution in [2.75, 3.05) is 0 Å². The van der Waals surface area contributed by atoms with Crippen molar-refractivity contribution >= 4 is 28.9 Å². The Morgan fingerprint density at radius 3 is 2.87 bits per heavy atom. The average Bonchev–Trinajstić information content (AvgIpc) is 3.06. The number of aromatic amines is 1. The lowest BCUT2D eigenvalue weighted by molar-refractivity contribution is 0.806. The molecule has 1 aliphatic rings. The van der Waals surface area contributed by atoms with Crippen molar-refractivity contribution in [3.63, 3.8) is 0 Å². The van der Waals surface area contributed by atoms with Gasteiger partial charge in [-0.05, 0) is 25.0 Å². The standard InChI is InChI=1S/C21H22N2/c1-5-9-16(10-6-2)19-13-14(3)21(23-19)20-15(4)22-18-12-8-7-11-17(18)20/h5-12,14,22H,1,4,13H2,2-3H3/b10-6-,16-9+,21-20-. The normalized spacial score (nSPS) is 21.2. The summed E-state index contributed by atoms with van der Waals surface area (Å²) in [6, 6.07) is 8.32. The van der Waals surface area contributed by atoms with E-state index in [9.17, 15) is 0 Å². The smallest absolute Gasteiger partial charge is 0.0538 e. The van der Waals surface area contributed by atoms with Crippen LogP contribution in [0.4, 0.5) is 0 Å². The highest BCUT2D eigenvalue weighted by Crippen LogP contribution is 2.28. The van der Waals surface area contributed by atoms with Crippen LogP contribution < -0.4 is 10.6 Å². The minimum atomic E-state index is 0.378. The Morgan fingerprint density at radius 2 is 2.13 bits per heavy atom. The highest BCUT2D eigenvalue weighted by atomic mass is 14.8. The second-order valence-corrected chi connectivity index (χ2v) is 5.93. The van der Waals surface area contributed by atoms with Crippen LogP contribution in [0.5, 0.6) is 0 Å². The molecule has 1 atom stereocenters. The molecule has 0 aliphatic carbocycles. The van der Waals surface area contributed by atoms with Gasteiger partial charge >= 0.3 is 0 Å². The molecule has 3 rings (SSSR count). The fraction of sp³-hybridized carbons (Fsp3) is 0.190. The molecule has 0 fully saturated rings. The van der Waals surface area contributed by atoms with E-state index >= 15 is 0 Å². The summed E-state index contributed by atoms with van der Waals surface area (Å²) in [6.45, 7) is 12.3. The first-order valence-corrected chi connectivity index (χ1v) is 7.99. The number of rotatable bonds is 3. The number of nitrogens with one attached hydrogen (secondary N) is 1. The molecule has 23 heavy (non-hydrogen) atoms. The van der Waals surface area contributed by atoms with Crippen LogP contribution >= 0.6 is 0 Å². The first-order chi connectivity index (χ1) is 11.2. The quantitative estimate of drug-likeness (QED) is 0.834. The molecule has 2 aromatic rings. The lowest BCUT2D eigenvalue weighted by atomic mass is 9.99. The molecular weight excluding hydrogens is 280 g/mol. The second kappa shape index (κ2) is 6.25. The van der Waals surface area contributed by atoms with Crippen molar-refractivity contribution in [1.82, 2.24) is 4.98 Å². The number of benzene rings is 1. The Morgan fingerprint density at radius 1 is 1.35 bits per heavy atom. The van der Waals surface area contributed by atoms with Gasteiger partial charge in [-0.2, -0.15) is 0 Å². The molecule has 0 bridgehead atoms. The van der Waals surface area contributed by atoms with Gasteiger partial charge in [0, 0.05) is 33.1 Å². The van der Waals surface area contributed by atoms with E-state index in [1.807, 2.05) is 31.2 Å². The largest absolute Gasteiger partial charge is 0.355 e. The fourth-order valence-electron chi connectivity index (χ4n) is 3.22. The Kier molecular flexibility index (Phi) is 4.16. The lowest BCUT2D eigenvalue weighted by Crippen LogP contribution is -2.24. The molecule has 116 valence electrons. The summed E-state index contributed by atoms with van der Waals surface area (Å²) >= 11 is 0. The van der Waals surface area contributed by atoms with Crippen molar-refractivity contribution in [1.29, 1.82) is 0 Å². The van der Waals surface area contributed by atoms with Gasteiger partial charge in [0.2, 0.25) is 0 Å². The number of allylic oxidation sites excluding steroid dienone is 5. The molecule has 1 aromatic carbocycles. The van der Waals surface area contributed by atoms with E-state index in [4.69, 9.17) is 4.99 Å². The zero-order valence-electron chi connectivity index (χ0n) is 13.8. The molecule has 0 amide bonds. The molecule has 0 radical (unpaired) electrons. The van der Waals surface area contributed by atoms with Gasteiger partial charge in [0.05, 0.1) is 5.70 Å². The number of fused-ring (bicyclic) bond motifs is 1. The van der Waals surface area contributed by atoms with Gasteiger partial charge in [0.1, 0.15) is 0 Å². The zero-order valence-corrected chi connectivity index (χ0v) is 13.8. The number of H-pyrrole nitrogens is 1. The third-order valence-corrected chi connectivity index (χ3v) is 4.24. The predicted octanol–water partition coefficient (Wildman–Crippen LogP) is 3.86. The van der Waals surface area contributed by atoms with Crippen molar-refractivity contribution in [3.05, 3.63) is 71.3 Å². The van der Waals surface area contributed by atoms with Crippen LogP contribution in [0.15, 0.2) is 65.7 Å². The minimum absolute atomic E-state index is 0.378. The third kappa shape index (κ3) is 2.72. The molecule has 1 aliphatic heterocycles. The Hall–Kier alpha value is -2.61. The molecule has 1 aromatic heterocycles. The van der Waals surface area contributed by atoms with Gasteiger partial charge in [-0.15, -0.1) is 0 Å². The summed E-state index contributed by atoms with van der Waals surface area (Å²) in [5.74, 6) is 0.378. The van der Waals surface area contributed by atoms with Crippen molar-refractivity contribution in [2.45, 2.75) is 20.3 Å². The first kappa shape index (κ1) is 15.3. The summed E-state index contributed by atoms with van der Waals surface area (Å²) in [5.41, 5.74) is 4.50. The van der Waals surface area contributed by atoms with E-state index in [1.165, 1.54) is 5.39 Å². The van der Waals surface area contributed by atoms with E-state index in [0.29, 0.717) is 5.92 Å². The SMILES string of the molecule is C=C/C=C(\C=C/C)C1=N/C(=c2/c(=C)[nH]c3ccccc23)C(C)C1. The van der Waals surface area contributed by atoms with Crippen LogP contribution in [0.3, 0.4) is 0 Å². The highest BCUT2D eigenvalue weighted by molar-refractivity contribution is 6.07. The van der Waals surface area contributed by atoms with E-state index < -0.39 is 0 Å². The Labute approximate surface area is 137 Å². The topological polar surface area (TPSA) is 28.1 Å². The van der Waals surface area contributed by atoms with E-state index in [1.54, 1.807) is 0 Å². The fourth-order valence-corrected chi connectivity index (χ4v) is 3.22. The summed E-state index contributed by atoms with van der Waals surface area (Å²) in [6.07, 6.45) is 8.92. The molecule has 0 saturated heterocycles. The summed E-state index contributed by atoms with van der Waals surface area (Å²) < 4.78 is 0. The van der Waals surface area contributed by atoms with Gasteiger partial charge in [0.15, 0.2) is 0 Å². The van der Waals surface area contributed by atoms with Crippen LogP contribution in [0.1, 0.15) is 20.3 Å².